The summed E-state index contributed by atoms with van der Waals surface area (Å²) in [7, 11) is 0. The van der Waals surface area contributed by atoms with Crippen LogP contribution in [0, 0.1) is 0 Å². The smallest absolute Gasteiger partial charge is 0.198 e. The van der Waals surface area contributed by atoms with E-state index in [1.807, 2.05) is 0 Å². The van der Waals surface area contributed by atoms with E-state index >= 15 is 0 Å². The second-order valence-corrected chi connectivity index (χ2v) is 9.51. The predicted octanol–water partition coefficient (Wildman–Crippen LogP) is 3.05. The lowest BCUT2D eigenvalue weighted by atomic mass is 9.84. The number of likely N-dealkylation sites (tertiary alicyclic amines) is 2. The minimum absolute atomic E-state index is 0.167. The maximum Gasteiger partial charge on any atom is 0.198 e. The Morgan fingerprint density at radius 1 is 0.647 bits per heavy atom. The molecule has 1 aromatic heterocycles. The first-order chi connectivity index (χ1) is 16.7. The van der Waals surface area contributed by atoms with Crippen molar-refractivity contribution >= 4 is 23.2 Å². The number of hydrogen-bond donors (Lipinski definition) is 2. The third-order valence-electron chi connectivity index (χ3n) is 7.18. The summed E-state index contributed by atoms with van der Waals surface area (Å²) in [6.45, 7) is 7.51. The molecular weight excluding hydrogens is 428 g/mol. The van der Waals surface area contributed by atoms with Crippen molar-refractivity contribution in [2.75, 3.05) is 63.0 Å². The quantitative estimate of drug-likeness (QED) is 0.528. The van der Waals surface area contributed by atoms with Crippen molar-refractivity contribution in [3.8, 4) is 0 Å². The Hall–Kier alpha value is -2.84. The first kappa shape index (κ1) is 22.9. The number of piperidine rings is 2. The standard InChI is InChI=1S/C26H34N6O2/c33-23-19-9-3-4-10-20(19)24(34)22-21(23)25(27-11-17-31-13-5-1-6-14-31)29-30-26(22)28-12-18-32-15-7-2-8-16-32/h3-4,9-10H,1-2,5-8,11-18H2,(H,27,29)(H,28,30). The van der Waals surface area contributed by atoms with Gasteiger partial charge in [-0.15, -0.1) is 10.2 Å². The number of nitrogens with zero attached hydrogens (tertiary/aromatic N) is 4. The van der Waals surface area contributed by atoms with E-state index in [1.165, 1.54) is 38.5 Å². The highest BCUT2D eigenvalue weighted by Gasteiger charge is 2.35. The Kier molecular flexibility index (Phi) is 7.16. The normalized spacial score (nSPS) is 18.9. The van der Waals surface area contributed by atoms with Crippen molar-refractivity contribution in [3.05, 3.63) is 46.5 Å². The Balaban J connectivity index is 1.37. The second kappa shape index (κ2) is 10.6. The molecule has 180 valence electrons. The number of nitrogens with one attached hydrogen (secondary N) is 2. The van der Waals surface area contributed by atoms with E-state index in [2.05, 4.69) is 30.6 Å². The highest BCUT2D eigenvalue weighted by molar-refractivity contribution is 6.31. The molecule has 1 aromatic carbocycles. The van der Waals surface area contributed by atoms with E-state index in [0.29, 0.717) is 47.0 Å². The molecule has 0 bridgehead atoms. The zero-order valence-corrected chi connectivity index (χ0v) is 19.8. The number of carbonyl (C=O) groups excluding carboxylic acids is 2. The number of hydrogen-bond acceptors (Lipinski definition) is 8. The fraction of sp³-hybridized carbons (Fsp3) is 0.538. The molecule has 0 amide bonds. The Labute approximate surface area is 201 Å². The van der Waals surface area contributed by atoms with Crippen LogP contribution in [-0.4, -0.2) is 83.9 Å². The van der Waals surface area contributed by atoms with Crippen LogP contribution in [0.25, 0.3) is 0 Å². The topological polar surface area (TPSA) is 90.5 Å². The van der Waals surface area contributed by atoms with Crippen LogP contribution in [0.1, 0.15) is 70.4 Å². The summed E-state index contributed by atoms with van der Waals surface area (Å²) in [5.41, 5.74) is 1.56. The van der Waals surface area contributed by atoms with Crippen LogP contribution < -0.4 is 10.6 Å². The van der Waals surface area contributed by atoms with Crippen molar-refractivity contribution in [2.45, 2.75) is 38.5 Å². The number of rotatable bonds is 8. The summed E-state index contributed by atoms with van der Waals surface area (Å²) in [5.74, 6) is 0.474. The number of aromatic nitrogens is 2. The van der Waals surface area contributed by atoms with Gasteiger partial charge < -0.3 is 20.4 Å². The lowest BCUT2D eigenvalue weighted by Crippen LogP contribution is -2.35. The van der Waals surface area contributed by atoms with Gasteiger partial charge in [0.15, 0.2) is 23.2 Å². The van der Waals surface area contributed by atoms with Gasteiger partial charge in [-0.05, 0) is 51.9 Å². The molecule has 34 heavy (non-hydrogen) atoms. The van der Waals surface area contributed by atoms with E-state index in [-0.39, 0.29) is 11.6 Å². The number of carbonyl (C=O) groups is 2. The average molecular weight is 463 g/mol. The molecule has 0 spiro atoms. The third-order valence-corrected chi connectivity index (χ3v) is 7.18. The molecule has 0 radical (unpaired) electrons. The van der Waals surface area contributed by atoms with Gasteiger partial charge >= 0.3 is 0 Å². The number of anilines is 2. The van der Waals surface area contributed by atoms with E-state index < -0.39 is 0 Å². The monoisotopic (exact) mass is 462 g/mol. The van der Waals surface area contributed by atoms with Crippen LogP contribution in [0.2, 0.25) is 0 Å². The molecule has 2 aliphatic heterocycles. The van der Waals surface area contributed by atoms with Crippen molar-refractivity contribution in [3.63, 3.8) is 0 Å². The van der Waals surface area contributed by atoms with Crippen LogP contribution in [0.5, 0.6) is 0 Å². The average Bonchev–Trinajstić information content (AvgIpc) is 2.89. The highest BCUT2D eigenvalue weighted by atomic mass is 16.1. The summed E-state index contributed by atoms with van der Waals surface area (Å²) in [6.07, 6.45) is 7.53. The van der Waals surface area contributed by atoms with Crippen molar-refractivity contribution in [1.82, 2.24) is 20.0 Å². The summed E-state index contributed by atoms with van der Waals surface area (Å²) < 4.78 is 0. The molecular formula is C26H34N6O2. The molecule has 8 nitrogen and oxygen atoms in total. The van der Waals surface area contributed by atoms with E-state index in [9.17, 15) is 9.59 Å². The van der Waals surface area contributed by atoms with Crippen LogP contribution in [0.3, 0.4) is 0 Å². The van der Waals surface area contributed by atoms with Gasteiger partial charge in [-0.3, -0.25) is 9.59 Å². The molecule has 8 heteroatoms. The predicted molar refractivity (Wildman–Crippen MR) is 133 cm³/mol. The van der Waals surface area contributed by atoms with Gasteiger partial charge in [0, 0.05) is 37.3 Å². The molecule has 0 saturated carbocycles. The number of ketones is 2. The first-order valence-electron chi connectivity index (χ1n) is 12.7. The Bertz CT molecular complexity index is 962. The van der Waals surface area contributed by atoms with Gasteiger partial charge in [-0.1, -0.05) is 37.1 Å². The zero-order valence-electron chi connectivity index (χ0n) is 19.8. The van der Waals surface area contributed by atoms with Gasteiger partial charge in [0.1, 0.15) is 0 Å². The summed E-state index contributed by atoms with van der Waals surface area (Å²) in [4.78, 5) is 31.9. The molecule has 2 fully saturated rings. The van der Waals surface area contributed by atoms with Crippen LogP contribution in [0.4, 0.5) is 11.6 Å². The second-order valence-electron chi connectivity index (χ2n) is 9.51. The fourth-order valence-electron chi connectivity index (χ4n) is 5.31. The van der Waals surface area contributed by atoms with Crippen LogP contribution >= 0.6 is 0 Å². The summed E-state index contributed by atoms with van der Waals surface area (Å²) in [5, 5.41) is 15.4. The minimum Gasteiger partial charge on any atom is -0.367 e. The van der Waals surface area contributed by atoms with Crippen LogP contribution in [0.15, 0.2) is 24.3 Å². The molecule has 5 rings (SSSR count). The lowest BCUT2D eigenvalue weighted by Gasteiger charge is -2.27. The maximum atomic E-state index is 13.5. The Morgan fingerprint density at radius 3 is 1.47 bits per heavy atom. The zero-order chi connectivity index (χ0) is 23.3. The SMILES string of the molecule is O=C1c2ccccc2C(=O)c2c(NCCN3CCCCC3)nnc(NCCN3CCCCC3)c21. The highest BCUT2D eigenvalue weighted by Crippen LogP contribution is 2.34. The molecule has 1 aliphatic carbocycles. The lowest BCUT2D eigenvalue weighted by molar-refractivity contribution is 0.0979. The third kappa shape index (κ3) is 4.83. The molecule has 0 unspecified atom stereocenters. The molecule has 3 aliphatic rings. The van der Waals surface area contributed by atoms with Crippen LogP contribution in [-0.2, 0) is 0 Å². The summed E-state index contributed by atoms with van der Waals surface area (Å²) >= 11 is 0. The van der Waals surface area contributed by atoms with Crippen molar-refractivity contribution < 1.29 is 9.59 Å². The number of fused-ring (bicyclic) bond motifs is 2. The fourth-order valence-corrected chi connectivity index (χ4v) is 5.31. The van der Waals surface area contributed by atoms with E-state index in [1.54, 1.807) is 24.3 Å². The van der Waals surface area contributed by atoms with Gasteiger partial charge in [-0.2, -0.15) is 0 Å². The molecule has 2 N–H and O–H groups in total. The van der Waals surface area contributed by atoms with Gasteiger partial charge in [0.25, 0.3) is 0 Å². The van der Waals surface area contributed by atoms with Gasteiger partial charge in [0.05, 0.1) is 11.1 Å². The molecule has 3 heterocycles. The van der Waals surface area contributed by atoms with Gasteiger partial charge in [-0.25, -0.2) is 0 Å². The van der Waals surface area contributed by atoms with Crippen molar-refractivity contribution in [1.29, 1.82) is 0 Å². The summed E-state index contributed by atoms with van der Waals surface area (Å²) in [6, 6.07) is 7.04. The van der Waals surface area contributed by atoms with E-state index in [4.69, 9.17) is 0 Å². The van der Waals surface area contributed by atoms with E-state index in [0.717, 1.165) is 39.3 Å². The minimum atomic E-state index is -0.167. The largest absolute Gasteiger partial charge is 0.367 e. The Morgan fingerprint density at radius 2 is 1.06 bits per heavy atom. The molecule has 2 saturated heterocycles. The first-order valence-corrected chi connectivity index (χ1v) is 12.7. The molecule has 2 aromatic rings. The van der Waals surface area contributed by atoms with Gasteiger partial charge in [0.2, 0.25) is 0 Å². The maximum absolute atomic E-state index is 13.5. The molecule has 0 atom stereocenters. The number of benzene rings is 1. The van der Waals surface area contributed by atoms with Crippen molar-refractivity contribution in [2.24, 2.45) is 0 Å².